The molecular formula is C10H21O5PS. The minimum absolute atomic E-state index is 0.0655. The summed E-state index contributed by atoms with van der Waals surface area (Å²) in [6.07, 6.45) is -0.0655. The topological polar surface area (TPSA) is 54.0 Å². The van der Waals surface area contributed by atoms with Crippen LogP contribution in [-0.4, -0.2) is 37.5 Å². The molecule has 0 N–H and O–H groups in total. The second-order valence-electron chi connectivity index (χ2n) is 4.03. The average Bonchev–Trinajstić information content (AvgIpc) is 2.56. The predicted molar refractivity (Wildman–Crippen MR) is 68.2 cm³/mol. The van der Waals surface area contributed by atoms with Crippen LogP contribution in [0.4, 0.5) is 0 Å². The molecule has 0 saturated carbocycles. The highest BCUT2D eigenvalue weighted by Crippen LogP contribution is 2.60. The third kappa shape index (κ3) is 5.28. The molecule has 0 radical (unpaired) electrons. The number of ether oxygens (including phenoxy) is 2. The van der Waals surface area contributed by atoms with Gasteiger partial charge in [-0.2, -0.15) is 0 Å². The van der Waals surface area contributed by atoms with Crippen LogP contribution in [0.3, 0.4) is 0 Å². The lowest BCUT2D eigenvalue weighted by molar-refractivity contribution is -0.135. The molecule has 17 heavy (non-hydrogen) atoms. The van der Waals surface area contributed by atoms with Crippen LogP contribution >= 0.6 is 18.2 Å². The van der Waals surface area contributed by atoms with Crippen molar-refractivity contribution in [3.8, 4) is 0 Å². The fraction of sp³-hybridized carbons (Fsp3) is 1.00. The fourth-order valence-corrected chi connectivity index (χ4v) is 4.94. The summed E-state index contributed by atoms with van der Waals surface area (Å²) in [6, 6.07) is 0. The van der Waals surface area contributed by atoms with Crippen LogP contribution in [0.15, 0.2) is 0 Å². The van der Waals surface area contributed by atoms with Crippen LogP contribution in [0.1, 0.15) is 27.7 Å². The van der Waals surface area contributed by atoms with E-state index >= 15 is 0 Å². The highest BCUT2D eigenvalue weighted by molar-refractivity contribution is 8.55. The van der Waals surface area contributed by atoms with Crippen molar-refractivity contribution in [1.82, 2.24) is 0 Å². The zero-order valence-electron chi connectivity index (χ0n) is 10.8. The molecule has 1 unspecified atom stereocenters. The van der Waals surface area contributed by atoms with Crippen molar-refractivity contribution < 1.29 is 23.1 Å². The molecule has 0 aromatic carbocycles. The van der Waals surface area contributed by atoms with Gasteiger partial charge in [-0.15, -0.1) is 0 Å². The molecule has 1 saturated heterocycles. The van der Waals surface area contributed by atoms with Gasteiger partial charge in [0.05, 0.1) is 25.9 Å². The van der Waals surface area contributed by atoms with Crippen molar-refractivity contribution in [2.45, 2.75) is 39.6 Å². The van der Waals surface area contributed by atoms with Gasteiger partial charge in [0.25, 0.3) is 0 Å². The van der Waals surface area contributed by atoms with Gasteiger partial charge >= 0.3 is 6.80 Å². The zero-order chi connectivity index (χ0) is 12.9. The summed E-state index contributed by atoms with van der Waals surface area (Å²) < 4.78 is 33.6. The zero-order valence-corrected chi connectivity index (χ0v) is 12.5. The maximum Gasteiger partial charge on any atom is 0.389 e. The molecule has 0 bridgehead atoms. The molecule has 1 rings (SSSR count). The van der Waals surface area contributed by atoms with E-state index in [4.69, 9.17) is 18.5 Å². The van der Waals surface area contributed by atoms with Gasteiger partial charge < -0.3 is 18.5 Å². The molecular weight excluding hydrogens is 263 g/mol. The summed E-state index contributed by atoms with van der Waals surface area (Å²) >= 11 is 1.18. The van der Waals surface area contributed by atoms with Crippen molar-refractivity contribution in [2.24, 2.45) is 0 Å². The van der Waals surface area contributed by atoms with Gasteiger partial charge in [-0.1, -0.05) is 0 Å². The SMILES string of the molecule is CCOP(=O)(OCC)SCC1COC(C)(C)O1. The second-order valence-corrected chi connectivity index (χ2v) is 8.15. The Kier molecular flexibility index (Phi) is 5.96. The van der Waals surface area contributed by atoms with E-state index in [0.717, 1.165) is 0 Å². The molecule has 5 nitrogen and oxygen atoms in total. The predicted octanol–water partition coefficient (Wildman–Crippen LogP) is 3.05. The van der Waals surface area contributed by atoms with Crippen LogP contribution in [-0.2, 0) is 23.1 Å². The summed E-state index contributed by atoms with van der Waals surface area (Å²) in [4.78, 5) is 0. The van der Waals surface area contributed by atoms with E-state index in [9.17, 15) is 4.57 Å². The van der Waals surface area contributed by atoms with Crippen molar-refractivity contribution in [2.75, 3.05) is 25.6 Å². The summed E-state index contributed by atoms with van der Waals surface area (Å²) in [5, 5.41) is 0. The lowest BCUT2D eigenvalue weighted by Gasteiger charge is -2.19. The van der Waals surface area contributed by atoms with Crippen molar-refractivity contribution >= 4 is 18.2 Å². The molecule has 7 heteroatoms. The number of rotatable bonds is 7. The average molecular weight is 284 g/mol. The molecule has 0 spiro atoms. The Morgan fingerprint density at radius 1 is 1.35 bits per heavy atom. The van der Waals surface area contributed by atoms with Gasteiger partial charge in [-0.25, -0.2) is 4.57 Å². The largest absolute Gasteiger partial charge is 0.389 e. The summed E-state index contributed by atoms with van der Waals surface area (Å²) in [7, 11) is 0. The van der Waals surface area contributed by atoms with Crippen molar-refractivity contribution in [3.63, 3.8) is 0 Å². The second kappa shape index (κ2) is 6.55. The molecule has 102 valence electrons. The van der Waals surface area contributed by atoms with Crippen molar-refractivity contribution in [3.05, 3.63) is 0 Å². The third-order valence-electron chi connectivity index (χ3n) is 2.06. The highest BCUT2D eigenvalue weighted by Gasteiger charge is 2.35. The lowest BCUT2D eigenvalue weighted by atomic mass is 10.4. The van der Waals surface area contributed by atoms with E-state index < -0.39 is 12.6 Å². The quantitative estimate of drug-likeness (QED) is 0.670. The monoisotopic (exact) mass is 284 g/mol. The Balaban J connectivity index is 2.40. The lowest BCUT2D eigenvalue weighted by Crippen LogP contribution is -2.22. The first-order chi connectivity index (χ1) is 7.91. The highest BCUT2D eigenvalue weighted by atomic mass is 32.7. The Bertz CT molecular complexity index is 274. The molecule has 1 atom stereocenters. The molecule has 0 aromatic rings. The van der Waals surface area contributed by atoms with Gasteiger partial charge in [0, 0.05) is 5.75 Å². The van der Waals surface area contributed by atoms with Crippen LogP contribution in [0.5, 0.6) is 0 Å². The van der Waals surface area contributed by atoms with Crippen LogP contribution in [0, 0.1) is 0 Å². The molecule has 0 aromatic heterocycles. The molecule has 1 aliphatic heterocycles. The van der Waals surface area contributed by atoms with E-state index in [1.54, 1.807) is 13.8 Å². The van der Waals surface area contributed by atoms with Gasteiger partial charge in [-0.3, -0.25) is 0 Å². The molecule has 0 aliphatic carbocycles. The molecule has 1 heterocycles. The van der Waals surface area contributed by atoms with Crippen LogP contribution in [0.2, 0.25) is 0 Å². The first kappa shape index (κ1) is 15.5. The first-order valence-electron chi connectivity index (χ1n) is 5.76. The van der Waals surface area contributed by atoms with Crippen LogP contribution < -0.4 is 0 Å². The molecule has 1 aliphatic rings. The van der Waals surface area contributed by atoms with E-state index in [1.807, 2.05) is 13.8 Å². The fourth-order valence-electron chi connectivity index (χ4n) is 1.45. The Labute approximate surface area is 107 Å². The smallest absolute Gasteiger partial charge is 0.348 e. The minimum Gasteiger partial charge on any atom is -0.348 e. The summed E-state index contributed by atoms with van der Waals surface area (Å²) in [5.41, 5.74) is 0. The number of hydrogen-bond acceptors (Lipinski definition) is 6. The van der Waals surface area contributed by atoms with Gasteiger partial charge in [0.1, 0.15) is 0 Å². The Morgan fingerprint density at radius 2 is 1.94 bits per heavy atom. The summed E-state index contributed by atoms with van der Waals surface area (Å²) in [5.74, 6) is -0.00680. The standard InChI is InChI=1S/C10H21O5PS/c1-5-13-16(11,14-6-2)17-8-9-7-12-10(3,4)15-9/h9H,5-8H2,1-4H3. The maximum absolute atomic E-state index is 12.2. The van der Waals surface area contributed by atoms with E-state index in [0.29, 0.717) is 25.6 Å². The minimum atomic E-state index is -3.03. The van der Waals surface area contributed by atoms with Crippen molar-refractivity contribution in [1.29, 1.82) is 0 Å². The van der Waals surface area contributed by atoms with Gasteiger partial charge in [0.15, 0.2) is 5.79 Å². The maximum atomic E-state index is 12.2. The van der Waals surface area contributed by atoms with Gasteiger partial charge in [0.2, 0.25) is 0 Å². The Hall–Kier alpha value is 0.420. The molecule has 0 amide bonds. The van der Waals surface area contributed by atoms with Crippen LogP contribution in [0.25, 0.3) is 0 Å². The van der Waals surface area contributed by atoms with E-state index in [-0.39, 0.29) is 6.10 Å². The summed E-state index contributed by atoms with van der Waals surface area (Å²) in [6.45, 7) is 5.54. The third-order valence-corrected chi connectivity index (χ3v) is 6.07. The van der Waals surface area contributed by atoms with E-state index in [2.05, 4.69) is 0 Å². The first-order valence-corrected chi connectivity index (χ1v) is 8.89. The normalized spacial score (nSPS) is 24.1. The number of hydrogen-bond donors (Lipinski definition) is 0. The molecule has 1 fully saturated rings. The van der Waals surface area contributed by atoms with E-state index in [1.165, 1.54) is 11.4 Å². The van der Waals surface area contributed by atoms with Gasteiger partial charge in [-0.05, 0) is 39.1 Å². The Morgan fingerprint density at radius 3 is 2.35 bits per heavy atom.